The van der Waals surface area contributed by atoms with E-state index in [9.17, 15) is 4.79 Å². The predicted molar refractivity (Wildman–Crippen MR) is 136 cm³/mol. The lowest BCUT2D eigenvalue weighted by Crippen LogP contribution is -2.29. The molecule has 0 spiro atoms. The van der Waals surface area contributed by atoms with Crippen LogP contribution in [0.3, 0.4) is 0 Å². The minimum absolute atomic E-state index is 0.203. The highest BCUT2D eigenvalue weighted by molar-refractivity contribution is 5.75. The second kappa shape index (κ2) is 18.1. The van der Waals surface area contributed by atoms with E-state index >= 15 is 0 Å². The fraction of sp³-hybridized carbons (Fsp3) is 0.759. The van der Waals surface area contributed by atoms with Gasteiger partial charge in [-0.3, -0.25) is 4.79 Å². The average Bonchev–Trinajstić information content (AvgIpc) is 2.82. The van der Waals surface area contributed by atoms with E-state index in [0.717, 1.165) is 31.9 Å². The number of carbonyl (C=O) groups is 1. The SMILES string of the molecule is CCCCCCCCC1CCCOC1CCCCCCCC(=O)NCCc1ccccc1. The van der Waals surface area contributed by atoms with Crippen molar-refractivity contribution in [3.63, 3.8) is 0 Å². The summed E-state index contributed by atoms with van der Waals surface area (Å²) in [7, 11) is 0. The van der Waals surface area contributed by atoms with Gasteiger partial charge in [-0.25, -0.2) is 0 Å². The van der Waals surface area contributed by atoms with Crippen LogP contribution < -0.4 is 5.32 Å². The van der Waals surface area contributed by atoms with Crippen molar-refractivity contribution < 1.29 is 9.53 Å². The van der Waals surface area contributed by atoms with Gasteiger partial charge in [0.05, 0.1) is 6.10 Å². The van der Waals surface area contributed by atoms with Crippen molar-refractivity contribution >= 4 is 5.91 Å². The van der Waals surface area contributed by atoms with Crippen LogP contribution in [0, 0.1) is 5.92 Å². The van der Waals surface area contributed by atoms with Gasteiger partial charge in [-0.15, -0.1) is 0 Å². The van der Waals surface area contributed by atoms with Gasteiger partial charge < -0.3 is 10.1 Å². The van der Waals surface area contributed by atoms with Crippen LogP contribution >= 0.6 is 0 Å². The van der Waals surface area contributed by atoms with E-state index in [0.29, 0.717) is 12.5 Å². The molecular formula is C29H49NO2. The molecule has 1 aromatic rings. The van der Waals surface area contributed by atoms with Crippen molar-refractivity contribution in [2.24, 2.45) is 5.92 Å². The molecule has 2 atom stereocenters. The Labute approximate surface area is 198 Å². The molecule has 182 valence electrons. The van der Waals surface area contributed by atoms with E-state index in [-0.39, 0.29) is 5.91 Å². The molecule has 1 aromatic carbocycles. The highest BCUT2D eigenvalue weighted by Gasteiger charge is 2.24. The summed E-state index contributed by atoms with van der Waals surface area (Å²) >= 11 is 0. The van der Waals surface area contributed by atoms with Gasteiger partial charge in [0.15, 0.2) is 0 Å². The maximum atomic E-state index is 12.0. The van der Waals surface area contributed by atoms with Crippen molar-refractivity contribution in [2.75, 3.05) is 13.2 Å². The number of unbranched alkanes of at least 4 members (excludes halogenated alkanes) is 9. The van der Waals surface area contributed by atoms with Gasteiger partial charge in [0.25, 0.3) is 0 Å². The second-order valence-electron chi connectivity index (χ2n) is 9.76. The molecule has 32 heavy (non-hydrogen) atoms. The van der Waals surface area contributed by atoms with Gasteiger partial charge in [0, 0.05) is 19.6 Å². The van der Waals surface area contributed by atoms with Crippen LogP contribution in [-0.4, -0.2) is 25.2 Å². The van der Waals surface area contributed by atoms with Crippen LogP contribution in [0.2, 0.25) is 0 Å². The molecule has 1 saturated heterocycles. The van der Waals surface area contributed by atoms with Crippen LogP contribution in [-0.2, 0) is 16.0 Å². The Morgan fingerprint density at radius 2 is 1.59 bits per heavy atom. The molecule has 0 aliphatic carbocycles. The first-order chi connectivity index (χ1) is 15.8. The fourth-order valence-electron chi connectivity index (χ4n) is 4.98. The third-order valence-corrected chi connectivity index (χ3v) is 6.98. The topological polar surface area (TPSA) is 38.3 Å². The summed E-state index contributed by atoms with van der Waals surface area (Å²) in [5, 5.41) is 3.06. The van der Waals surface area contributed by atoms with Crippen LogP contribution in [0.4, 0.5) is 0 Å². The molecule has 0 aromatic heterocycles. The summed E-state index contributed by atoms with van der Waals surface area (Å²) in [6.45, 7) is 4.00. The van der Waals surface area contributed by atoms with E-state index in [1.54, 1.807) is 0 Å². The monoisotopic (exact) mass is 443 g/mol. The molecule has 2 unspecified atom stereocenters. The summed E-state index contributed by atoms with van der Waals surface area (Å²) in [5.41, 5.74) is 1.28. The maximum Gasteiger partial charge on any atom is 0.220 e. The second-order valence-corrected chi connectivity index (χ2v) is 9.76. The van der Waals surface area contributed by atoms with Crippen LogP contribution in [0.1, 0.15) is 115 Å². The molecule has 1 N–H and O–H groups in total. The number of ether oxygens (including phenoxy) is 1. The highest BCUT2D eigenvalue weighted by atomic mass is 16.5. The molecule has 3 nitrogen and oxygen atoms in total. The third kappa shape index (κ3) is 12.6. The van der Waals surface area contributed by atoms with E-state index in [4.69, 9.17) is 4.74 Å². The minimum atomic E-state index is 0.203. The summed E-state index contributed by atoms with van der Waals surface area (Å²) in [6, 6.07) is 10.3. The number of carbonyl (C=O) groups excluding carboxylic acids is 1. The number of amides is 1. The van der Waals surface area contributed by atoms with E-state index in [2.05, 4.69) is 24.4 Å². The van der Waals surface area contributed by atoms with Crippen molar-refractivity contribution in [3.8, 4) is 0 Å². The molecule has 1 heterocycles. The van der Waals surface area contributed by atoms with Gasteiger partial charge in [0.1, 0.15) is 0 Å². The molecule has 0 radical (unpaired) electrons. The Kier molecular flexibility index (Phi) is 15.2. The average molecular weight is 444 g/mol. The van der Waals surface area contributed by atoms with Crippen LogP contribution in [0.15, 0.2) is 30.3 Å². The summed E-state index contributed by atoms with van der Waals surface area (Å²) in [4.78, 5) is 12.0. The van der Waals surface area contributed by atoms with Crippen molar-refractivity contribution in [1.29, 1.82) is 0 Å². The smallest absolute Gasteiger partial charge is 0.220 e. The molecule has 1 fully saturated rings. The number of hydrogen-bond acceptors (Lipinski definition) is 2. The molecule has 3 heteroatoms. The maximum absolute atomic E-state index is 12.0. The normalized spacial score (nSPS) is 18.5. The Bertz CT molecular complexity index is 574. The predicted octanol–water partition coefficient (Wildman–Crippen LogP) is 7.62. The minimum Gasteiger partial charge on any atom is -0.378 e. The zero-order valence-corrected chi connectivity index (χ0v) is 20.8. The number of rotatable bonds is 18. The van der Waals surface area contributed by atoms with Gasteiger partial charge >= 0.3 is 0 Å². The lowest BCUT2D eigenvalue weighted by Gasteiger charge is -2.32. The Morgan fingerprint density at radius 1 is 0.906 bits per heavy atom. The molecule has 2 rings (SSSR count). The van der Waals surface area contributed by atoms with E-state index in [1.807, 2.05) is 18.2 Å². The largest absolute Gasteiger partial charge is 0.378 e. The molecule has 1 aliphatic rings. The van der Waals surface area contributed by atoms with E-state index in [1.165, 1.54) is 95.5 Å². The molecule has 1 amide bonds. The van der Waals surface area contributed by atoms with Gasteiger partial charge in [-0.1, -0.05) is 101 Å². The quantitative estimate of drug-likeness (QED) is 0.237. The number of nitrogens with one attached hydrogen (secondary N) is 1. The summed E-state index contributed by atoms with van der Waals surface area (Å²) in [6.07, 6.45) is 21.7. The zero-order chi connectivity index (χ0) is 22.7. The molecule has 1 aliphatic heterocycles. The number of benzene rings is 1. The first-order valence-electron chi connectivity index (χ1n) is 13.7. The number of hydrogen-bond donors (Lipinski definition) is 1. The summed E-state index contributed by atoms with van der Waals surface area (Å²) in [5.74, 6) is 1.00. The van der Waals surface area contributed by atoms with Gasteiger partial charge in [0.2, 0.25) is 5.91 Å². The lowest BCUT2D eigenvalue weighted by molar-refractivity contribution is -0.121. The first-order valence-corrected chi connectivity index (χ1v) is 13.7. The fourth-order valence-corrected chi connectivity index (χ4v) is 4.98. The molecule has 0 bridgehead atoms. The first kappa shape index (κ1) is 26.9. The Hall–Kier alpha value is -1.35. The van der Waals surface area contributed by atoms with Crippen LogP contribution in [0.5, 0.6) is 0 Å². The highest BCUT2D eigenvalue weighted by Crippen LogP contribution is 2.29. The van der Waals surface area contributed by atoms with Crippen molar-refractivity contribution in [2.45, 2.75) is 122 Å². The van der Waals surface area contributed by atoms with Gasteiger partial charge in [-0.2, -0.15) is 0 Å². The van der Waals surface area contributed by atoms with Gasteiger partial charge in [-0.05, 0) is 50.0 Å². The Morgan fingerprint density at radius 3 is 2.38 bits per heavy atom. The van der Waals surface area contributed by atoms with Crippen molar-refractivity contribution in [1.82, 2.24) is 5.32 Å². The Balaban J connectivity index is 1.43. The summed E-state index contributed by atoms with van der Waals surface area (Å²) < 4.78 is 6.16. The zero-order valence-electron chi connectivity index (χ0n) is 20.8. The third-order valence-electron chi connectivity index (χ3n) is 6.98. The standard InChI is InChI=1S/C29H49NO2/c1-2-3-4-5-7-13-19-27-20-16-25-32-28(27)21-14-8-6-9-15-22-29(31)30-24-23-26-17-11-10-12-18-26/h10-12,17-18,27-28H,2-9,13-16,19-25H2,1H3,(H,30,31). The molecule has 0 saturated carbocycles. The molecular weight excluding hydrogens is 394 g/mol. The van der Waals surface area contributed by atoms with Crippen LogP contribution in [0.25, 0.3) is 0 Å². The lowest BCUT2D eigenvalue weighted by atomic mass is 9.86. The van der Waals surface area contributed by atoms with E-state index < -0.39 is 0 Å². The van der Waals surface area contributed by atoms with Crippen molar-refractivity contribution in [3.05, 3.63) is 35.9 Å².